The number of nitrogens with zero attached hydrogens (tertiary/aromatic N) is 2. The first-order valence-electron chi connectivity index (χ1n) is 8.67. The van der Waals surface area contributed by atoms with Crippen molar-refractivity contribution in [1.82, 2.24) is 4.90 Å². The third-order valence-corrected chi connectivity index (χ3v) is 4.87. The molecule has 0 spiro atoms. The van der Waals surface area contributed by atoms with Crippen LogP contribution in [-0.4, -0.2) is 49.8 Å². The van der Waals surface area contributed by atoms with Gasteiger partial charge in [0.05, 0.1) is 19.3 Å². The molecule has 2 amide bonds. The van der Waals surface area contributed by atoms with Crippen molar-refractivity contribution in [2.45, 2.75) is 32.7 Å². The van der Waals surface area contributed by atoms with Gasteiger partial charge in [-0.15, -0.1) is 0 Å². The van der Waals surface area contributed by atoms with Crippen LogP contribution >= 0.6 is 0 Å². The van der Waals surface area contributed by atoms with Crippen LogP contribution in [0.1, 0.15) is 26.7 Å². The van der Waals surface area contributed by atoms with E-state index in [9.17, 15) is 4.79 Å². The lowest BCUT2D eigenvalue weighted by Crippen LogP contribution is -2.50. The van der Waals surface area contributed by atoms with Gasteiger partial charge in [-0.05, 0) is 43.0 Å². The lowest BCUT2D eigenvalue weighted by molar-refractivity contribution is 0.0144. The predicted octanol–water partition coefficient (Wildman–Crippen LogP) is 3.18. The lowest BCUT2D eigenvalue weighted by Gasteiger charge is -2.35. The second-order valence-electron chi connectivity index (χ2n) is 6.65. The molecular formula is C18H27N3O2. The minimum atomic E-state index is -0.0253. The van der Waals surface area contributed by atoms with Crippen LogP contribution in [0, 0.1) is 5.92 Å². The maximum atomic E-state index is 12.5. The average molecular weight is 317 g/mol. The zero-order chi connectivity index (χ0) is 16.2. The maximum Gasteiger partial charge on any atom is 0.322 e. The molecule has 2 atom stereocenters. The molecule has 1 N–H and O–H groups in total. The van der Waals surface area contributed by atoms with Gasteiger partial charge in [0, 0.05) is 31.0 Å². The Hall–Kier alpha value is -1.75. The molecule has 1 aromatic rings. The number of anilines is 2. The Morgan fingerprint density at radius 3 is 2.74 bits per heavy atom. The molecule has 5 heteroatoms. The number of rotatable bonds is 3. The molecule has 0 saturated carbocycles. The van der Waals surface area contributed by atoms with Crippen molar-refractivity contribution >= 4 is 17.4 Å². The predicted molar refractivity (Wildman–Crippen MR) is 93.1 cm³/mol. The van der Waals surface area contributed by atoms with Gasteiger partial charge in [-0.2, -0.15) is 0 Å². The Labute approximate surface area is 138 Å². The van der Waals surface area contributed by atoms with Gasteiger partial charge in [0.25, 0.3) is 0 Å². The van der Waals surface area contributed by atoms with E-state index in [1.807, 2.05) is 17.0 Å². The quantitative estimate of drug-likeness (QED) is 0.931. The molecule has 2 saturated heterocycles. The first kappa shape index (κ1) is 16.1. The molecular weight excluding hydrogens is 290 g/mol. The molecule has 2 aliphatic rings. The summed E-state index contributed by atoms with van der Waals surface area (Å²) in [6, 6.07) is 8.35. The van der Waals surface area contributed by atoms with Crippen molar-refractivity contribution in [3.05, 3.63) is 24.3 Å². The number of benzene rings is 1. The van der Waals surface area contributed by atoms with Gasteiger partial charge < -0.3 is 19.9 Å². The summed E-state index contributed by atoms with van der Waals surface area (Å²) in [4.78, 5) is 16.8. The van der Waals surface area contributed by atoms with E-state index in [2.05, 4.69) is 36.2 Å². The van der Waals surface area contributed by atoms with Crippen LogP contribution in [0.25, 0.3) is 0 Å². The summed E-state index contributed by atoms with van der Waals surface area (Å²) in [5.41, 5.74) is 2.09. The fourth-order valence-corrected chi connectivity index (χ4v) is 3.38. The number of hydrogen-bond donors (Lipinski definition) is 1. The SMILES string of the molecule is CCC1COCCN1C(=O)Nc1ccc(N2CCC(C)C2)cc1. The Morgan fingerprint density at radius 2 is 2.09 bits per heavy atom. The Bertz CT molecular complexity index is 532. The van der Waals surface area contributed by atoms with Crippen molar-refractivity contribution in [2.75, 3.05) is 43.1 Å². The van der Waals surface area contributed by atoms with Crippen LogP contribution in [0.4, 0.5) is 16.2 Å². The summed E-state index contributed by atoms with van der Waals surface area (Å²) < 4.78 is 5.46. The fourth-order valence-electron chi connectivity index (χ4n) is 3.38. The van der Waals surface area contributed by atoms with E-state index in [1.54, 1.807) is 0 Å². The highest BCUT2D eigenvalue weighted by Gasteiger charge is 2.26. The lowest BCUT2D eigenvalue weighted by atomic mass is 10.2. The van der Waals surface area contributed by atoms with Crippen LogP contribution in [0.2, 0.25) is 0 Å². The van der Waals surface area contributed by atoms with Gasteiger partial charge in [-0.25, -0.2) is 4.79 Å². The topological polar surface area (TPSA) is 44.8 Å². The van der Waals surface area contributed by atoms with E-state index in [-0.39, 0.29) is 12.1 Å². The molecule has 3 rings (SSSR count). The number of ether oxygens (including phenoxy) is 1. The summed E-state index contributed by atoms with van der Waals surface area (Å²) in [6.07, 6.45) is 2.17. The average Bonchev–Trinajstić information content (AvgIpc) is 3.02. The van der Waals surface area contributed by atoms with Crippen LogP contribution in [0.3, 0.4) is 0 Å². The number of carbonyl (C=O) groups excluding carboxylic acids is 1. The maximum absolute atomic E-state index is 12.5. The van der Waals surface area contributed by atoms with Crippen LogP contribution in [-0.2, 0) is 4.74 Å². The highest BCUT2D eigenvalue weighted by Crippen LogP contribution is 2.25. The third kappa shape index (κ3) is 3.78. The smallest absolute Gasteiger partial charge is 0.322 e. The number of nitrogens with one attached hydrogen (secondary N) is 1. The monoisotopic (exact) mass is 317 g/mol. The normalized spacial score (nSPS) is 24.8. The minimum absolute atomic E-state index is 0.0253. The third-order valence-electron chi connectivity index (χ3n) is 4.87. The summed E-state index contributed by atoms with van der Waals surface area (Å²) >= 11 is 0. The van der Waals surface area contributed by atoms with E-state index in [4.69, 9.17) is 4.74 Å². The Kier molecular flexibility index (Phi) is 5.06. The molecule has 126 valence electrons. The molecule has 0 radical (unpaired) electrons. The zero-order valence-electron chi connectivity index (χ0n) is 14.1. The highest BCUT2D eigenvalue weighted by atomic mass is 16.5. The van der Waals surface area contributed by atoms with E-state index in [0.717, 1.165) is 31.1 Å². The highest BCUT2D eigenvalue weighted by molar-refractivity contribution is 5.89. The van der Waals surface area contributed by atoms with Crippen molar-refractivity contribution in [1.29, 1.82) is 0 Å². The summed E-state index contributed by atoms with van der Waals surface area (Å²) in [5.74, 6) is 0.765. The summed E-state index contributed by atoms with van der Waals surface area (Å²) in [7, 11) is 0. The zero-order valence-corrected chi connectivity index (χ0v) is 14.1. The van der Waals surface area contributed by atoms with Gasteiger partial charge in [0.2, 0.25) is 0 Å². The molecule has 2 heterocycles. The van der Waals surface area contributed by atoms with Crippen molar-refractivity contribution in [3.63, 3.8) is 0 Å². The molecule has 23 heavy (non-hydrogen) atoms. The van der Waals surface area contributed by atoms with E-state index >= 15 is 0 Å². The second-order valence-corrected chi connectivity index (χ2v) is 6.65. The first-order chi connectivity index (χ1) is 11.2. The largest absolute Gasteiger partial charge is 0.377 e. The van der Waals surface area contributed by atoms with Gasteiger partial charge in [0.1, 0.15) is 0 Å². The van der Waals surface area contributed by atoms with Gasteiger partial charge >= 0.3 is 6.03 Å². The molecule has 2 fully saturated rings. The van der Waals surface area contributed by atoms with E-state index in [1.165, 1.54) is 12.1 Å². The molecule has 0 aliphatic carbocycles. The van der Waals surface area contributed by atoms with Gasteiger partial charge in [-0.1, -0.05) is 13.8 Å². The molecule has 2 aliphatic heterocycles. The van der Waals surface area contributed by atoms with Gasteiger partial charge in [-0.3, -0.25) is 0 Å². The Balaban J connectivity index is 1.60. The number of urea groups is 1. The van der Waals surface area contributed by atoms with Crippen LogP contribution < -0.4 is 10.2 Å². The minimum Gasteiger partial charge on any atom is -0.377 e. The first-order valence-corrected chi connectivity index (χ1v) is 8.67. The van der Waals surface area contributed by atoms with Crippen LogP contribution in [0.5, 0.6) is 0 Å². The molecule has 5 nitrogen and oxygen atoms in total. The summed E-state index contributed by atoms with van der Waals surface area (Å²) in [6.45, 7) is 8.54. The summed E-state index contributed by atoms with van der Waals surface area (Å²) in [5, 5.41) is 3.02. The fraction of sp³-hybridized carbons (Fsp3) is 0.611. The van der Waals surface area contributed by atoms with E-state index < -0.39 is 0 Å². The second kappa shape index (κ2) is 7.21. The van der Waals surface area contributed by atoms with E-state index in [0.29, 0.717) is 19.8 Å². The Morgan fingerprint density at radius 1 is 1.30 bits per heavy atom. The van der Waals surface area contributed by atoms with Gasteiger partial charge in [0.15, 0.2) is 0 Å². The molecule has 0 bridgehead atoms. The van der Waals surface area contributed by atoms with Crippen molar-refractivity contribution < 1.29 is 9.53 Å². The number of amides is 2. The number of hydrogen-bond acceptors (Lipinski definition) is 3. The standard InChI is InChI=1S/C18H27N3O2/c1-3-16-13-23-11-10-21(16)18(22)19-15-4-6-17(7-5-15)20-9-8-14(2)12-20/h4-7,14,16H,3,8-13H2,1-2H3,(H,19,22). The molecule has 0 aromatic heterocycles. The van der Waals surface area contributed by atoms with Crippen molar-refractivity contribution in [2.24, 2.45) is 5.92 Å². The molecule has 2 unspecified atom stereocenters. The van der Waals surface area contributed by atoms with Crippen LogP contribution in [0.15, 0.2) is 24.3 Å². The number of carbonyl (C=O) groups is 1. The number of morpholine rings is 1. The molecule has 1 aromatic carbocycles. The van der Waals surface area contributed by atoms with Crippen molar-refractivity contribution in [3.8, 4) is 0 Å².